The van der Waals surface area contributed by atoms with Gasteiger partial charge in [0.25, 0.3) is 0 Å². The van der Waals surface area contributed by atoms with E-state index in [-0.39, 0.29) is 21.9 Å². The van der Waals surface area contributed by atoms with Gasteiger partial charge in [0.2, 0.25) is 6.41 Å². The van der Waals surface area contributed by atoms with Crippen LogP contribution in [-0.2, 0) is 4.79 Å². The summed E-state index contributed by atoms with van der Waals surface area (Å²) in [6.45, 7) is 7.09. The summed E-state index contributed by atoms with van der Waals surface area (Å²) >= 11 is 6.53. The number of phenolic OH excluding ortho intramolecular Hbond substituents is 1. The number of aromatic hydroxyl groups is 1. The Bertz CT molecular complexity index is 1390. The van der Waals surface area contributed by atoms with Crippen LogP contribution in [0.3, 0.4) is 0 Å². The van der Waals surface area contributed by atoms with Crippen LogP contribution in [0.4, 0.5) is 27.1 Å². The molecular formula is C30H39ClFN7O2. The van der Waals surface area contributed by atoms with Crippen molar-refractivity contribution >= 4 is 40.8 Å². The molecule has 1 aliphatic rings. The molecule has 0 aromatic heterocycles. The monoisotopic (exact) mass is 583 g/mol. The summed E-state index contributed by atoms with van der Waals surface area (Å²) in [4.78, 5) is 16.9. The summed E-state index contributed by atoms with van der Waals surface area (Å²) in [7, 11) is 5.33. The van der Waals surface area contributed by atoms with Gasteiger partial charge in [0, 0.05) is 70.8 Å². The first-order valence-electron chi connectivity index (χ1n) is 13.4. The van der Waals surface area contributed by atoms with Crippen molar-refractivity contribution in [3.8, 4) is 28.0 Å². The number of nitrogen functional groups attached to an aromatic ring is 1. The molecule has 0 unspecified atom stereocenters. The molecule has 220 valence electrons. The van der Waals surface area contributed by atoms with Crippen molar-refractivity contribution in [1.82, 2.24) is 10.2 Å². The highest BCUT2D eigenvalue weighted by Crippen LogP contribution is 2.44. The van der Waals surface area contributed by atoms with Gasteiger partial charge >= 0.3 is 0 Å². The van der Waals surface area contributed by atoms with Gasteiger partial charge in [-0.2, -0.15) is 0 Å². The van der Waals surface area contributed by atoms with E-state index >= 15 is 4.39 Å². The number of carbonyl (C=O) groups excluding carboxylic acids is 1. The van der Waals surface area contributed by atoms with Crippen LogP contribution in [0.1, 0.15) is 13.8 Å². The van der Waals surface area contributed by atoms with E-state index in [1.807, 2.05) is 34.0 Å². The van der Waals surface area contributed by atoms with Crippen molar-refractivity contribution in [2.45, 2.75) is 13.8 Å². The van der Waals surface area contributed by atoms with Crippen LogP contribution in [0.5, 0.6) is 5.75 Å². The summed E-state index contributed by atoms with van der Waals surface area (Å²) < 4.78 is 15.0. The van der Waals surface area contributed by atoms with Gasteiger partial charge in [-0.3, -0.25) is 9.69 Å². The van der Waals surface area contributed by atoms with Gasteiger partial charge in [-0.15, -0.1) is 0 Å². The van der Waals surface area contributed by atoms with Gasteiger partial charge in [-0.1, -0.05) is 31.5 Å². The first-order chi connectivity index (χ1) is 19.6. The number of carbonyl (C=O) groups is 1. The number of halogens is 2. The number of anilines is 4. The molecule has 3 aromatic carbocycles. The van der Waals surface area contributed by atoms with E-state index in [0.717, 1.165) is 31.9 Å². The molecule has 0 atom stereocenters. The first kappa shape index (κ1) is 31.5. The second-order valence-corrected chi connectivity index (χ2v) is 9.97. The van der Waals surface area contributed by atoms with Crippen LogP contribution >= 0.6 is 11.6 Å². The molecule has 1 aliphatic heterocycles. The molecule has 0 spiro atoms. The summed E-state index contributed by atoms with van der Waals surface area (Å²) in [6.07, 6.45) is 3.92. The molecule has 3 aromatic rings. The average Bonchev–Trinajstić information content (AvgIpc) is 2.96. The molecule has 0 saturated carbocycles. The maximum atomic E-state index is 15.0. The van der Waals surface area contributed by atoms with Gasteiger partial charge < -0.3 is 31.0 Å². The number of nitrogens with two attached hydrogens (primary N) is 2. The Labute approximate surface area is 246 Å². The van der Waals surface area contributed by atoms with Crippen molar-refractivity contribution in [1.29, 1.82) is 0 Å². The molecule has 11 heteroatoms. The normalized spacial score (nSPS) is 13.0. The SMILES string of the molecule is CC.CN(C)/C=C\N(C=O)c1ccc(-c2cc(F)cc(-c3cc(N(C)N)c(N)c(N4CCNCC4)c3)c2O)cc1Cl. The summed E-state index contributed by atoms with van der Waals surface area (Å²) in [6, 6.07) is 11.0. The Balaban J connectivity index is 0.00000226. The second-order valence-electron chi connectivity index (χ2n) is 9.57. The molecule has 1 heterocycles. The Morgan fingerprint density at radius 3 is 2.17 bits per heavy atom. The number of nitrogens with one attached hydrogen (secondary N) is 1. The van der Waals surface area contributed by atoms with Gasteiger partial charge in [0.05, 0.1) is 27.8 Å². The number of hydrazine groups is 1. The number of piperazine rings is 1. The lowest BCUT2D eigenvalue weighted by Gasteiger charge is -2.32. The lowest BCUT2D eigenvalue weighted by Crippen LogP contribution is -2.44. The fourth-order valence-corrected chi connectivity index (χ4v) is 4.82. The molecule has 1 amide bonds. The second kappa shape index (κ2) is 14.1. The van der Waals surface area contributed by atoms with Crippen LogP contribution in [0.15, 0.2) is 54.9 Å². The third kappa shape index (κ3) is 7.21. The predicted octanol–water partition coefficient (Wildman–Crippen LogP) is 4.84. The zero-order valence-electron chi connectivity index (χ0n) is 24.2. The molecule has 0 aliphatic carbocycles. The molecule has 0 radical (unpaired) electrons. The minimum atomic E-state index is -0.537. The van der Waals surface area contributed by atoms with Gasteiger partial charge in [-0.05, 0) is 47.5 Å². The molecule has 9 nitrogen and oxygen atoms in total. The van der Waals surface area contributed by atoms with Crippen molar-refractivity contribution in [2.24, 2.45) is 5.84 Å². The van der Waals surface area contributed by atoms with E-state index in [4.69, 9.17) is 23.2 Å². The maximum Gasteiger partial charge on any atom is 0.218 e. The predicted molar refractivity (Wildman–Crippen MR) is 169 cm³/mol. The lowest BCUT2D eigenvalue weighted by molar-refractivity contribution is -0.106. The van der Waals surface area contributed by atoms with Crippen molar-refractivity contribution in [3.05, 3.63) is 65.7 Å². The minimum absolute atomic E-state index is 0.123. The zero-order valence-corrected chi connectivity index (χ0v) is 24.9. The molecule has 41 heavy (non-hydrogen) atoms. The molecule has 0 bridgehead atoms. The van der Waals surface area contributed by atoms with E-state index in [1.165, 1.54) is 22.0 Å². The third-order valence-electron chi connectivity index (χ3n) is 6.54. The van der Waals surface area contributed by atoms with E-state index in [0.29, 0.717) is 34.6 Å². The Morgan fingerprint density at radius 2 is 1.61 bits per heavy atom. The Morgan fingerprint density at radius 1 is 0.976 bits per heavy atom. The van der Waals surface area contributed by atoms with Gasteiger partial charge in [0.1, 0.15) is 11.6 Å². The smallest absolute Gasteiger partial charge is 0.218 e. The summed E-state index contributed by atoms with van der Waals surface area (Å²) in [5.41, 5.74) is 10.3. The van der Waals surface area contributed by atoms with Crippen LogP contribution in [-0.4, -0.2) is 63.7 Å². The van der Waals surface area contributed by atoms with Crippen molar-refractivity contribution < 1.29 is 14.3 Å². The highest BCUT2D eigenvalue weighted by molar-refractivity contribution is 6.34. The number of hydrogen-bond acceptors (Lipinski definition) is 8. The number of nitrogens with zero attached hydrogens (tertiary/aromatic N) is 4. The molecule has 1 saturated heterocycles. The number of amides is 1. The average molecular weight is 584 g/mol. The van der Waals surface area contributed by atoms with Crippen molar-refractivity contribution in [3.63, 3.8) is 0 Å². The highest BCUT2D eigenvalue weighted by Gasteiger charge is 2.21. The summed E-state index contributed by atoms with van der Waals surface area (Å²) in [5, 5.41) is 16.4. The quantitative estimate of drug-likeness (QED) is 0.129. The minimum Gasteiger partial charge on any atom is -0.507 e. The van der Waals surface area contributed by atoms with Crippen molar-refractivity contribution in [2.75, 3.05) is 67.9 Å². The van der Waals surface area contributed by atoms with E-state index in [2.05, 4.69) is 10.2 Å². The van der Waals surface area contributed by atoms with Crippen LogP contribution in [0.2, 0.25) is 5.02 Å². The molecule has 4 rings (SSSR count). The standard InChI is InChI=1S/C28H33ClFN7O2.C2H6/c1-34(2)10-11-37(17-38)24-5-4-18(12-23(24)29)21-15-20(30)16-22(28(21)39)19-13-25(35(3)32)27(31)26(14-19)36-8-6-33-7-9-36;1-2/h4-5,10-17,33,39H,6-9,31-32H2,1-3H3;1-2H3/b11-10-;. The van der Waals surface area contributed by atoms with Gasteiger partial charge in [0.15, 0.2) is 0 Å². The first-order valence-corrected chi connectivity index (χ1v) is 13.8. The molecule has 1 fully saturated rings. The zero-order chi connectivity index (χ0) is 30.3. The molecule has 6 N–H and O–H groups in total. The fourth-order valence-electron chi connectivity index (χ4n) is 4.54. The topological polar surface area (TPSA) is 114 Å². The van der Waals surface area contributed by atoms with Crippen LogP contribution in [0, 0.1) is 5.82 Å². The van der Waals surface area contributed by atoms with E-state index in [9.17, 15) is 9.90 Å². The van der Waals surface area contributed by atoms with E-state index < -0.39 is 5.82 Å². The number of benzene rings is 3. The third-order valence-corrected chi connectivity index (χ3v) is 6.84. The van der Waals surface area contributed by atoms with Gasteiger partial charge in [-0.25, -0.2) is 10.2 Å². The van der Waals surface area contributed by atoms with Crippen LogP contribution in [0.25, 0.3) is 22.3 Å². The highest BCUT2D eigenvalue weighted by atomic mass is 35.5. The maximum absolute atomic E-state index is 15.0. The lowest BCUT2D eigenvalue weighted by atomic mass is 9.95. The summed E-state index contributed by atoms with van der Waals surface area (Å²) in [5.74, 6) is 5.43. The largest absolute Gasteiger partial charge is 0.507 e. The Hall–Kier alpha value is -3.99. The Kier molecular flexibility index (Phi) is 10.8. The number of hydrogen-bond donors (Lipinski definition) is 4. The fraction of sp³-hybridized carbons (Fsp3) is 0.300. The van der Waals surface area contributed by atoms with E-state index in [1.54, 1.807) is 48.6 Å². The number of phenols is 1. The van der Waals surface area contributed by atoms with Crippen LogP contribution < -0.4 is 31.7 Å². The molecular weight excluding hydrogens is 545 g/mol. The number of rotatable bonds is 8.